The Hall–Kier alpha value is -2.17. The first kappa shape index (κ1) is 18.2. The monoisotopic (exact) mass is 326 g/mol. The molecule has 128 valence electrons. The molecule has 2 aromatic carbocycles. The third kappa shape index (κ3) is 4.66. The zero-order valence-electron chi connectivity index (χ0n) is 14.4. The van der Waals surface area contributed by atoms with Gasteiger partial charge < -0.3 is 10.4 Å². The second-order valence-corrected chi connectivity index (χ2v) is 5.79. The average Bonchev–Trinajstić information content (AvgIpc) is 2.64. The molecule has 4 nitrogen and oxygen atoms in total. The highest BCUT2D eigenvalue weighted by Crippen LogP contribution is 2.22. The summed E-state index contributed by atoms with van der Waals surface area (Å²) in [7, 11) is 0. The van der Waals surface area contributed by atoms with Gasteiger partial charge in [-0.3, -0.25) is 9.69 Å². The van der Waals surface area contributed by atoms with Crippen LogP contribution in [0.3, 0.4) is 0 Å². The number of aliphatic hydroxyl groups excluding tert-OH is 1. The molecule has 0 spiro atoms. The average molecular weight is 326 g/mol. The predicted octanol–water partition coefficient (Wildman–Crippen LogP) is 2.59. The van der Waals surface area contributed by atoms with Gasteiger partial charge in [0, 0.05) is 6.54 Å². The van der Waals surface area contributed by atoms with Crippen molar-refractivity contribution in [3.63, 3.8) is 0 Å². The number of nitrogens with zero attached hydrogens (tertiary/aromatic N) is 1. The smallest absolute Gasteiger partial charge is 0.237 e. The molecule has 0 saturated heterocycles. The molecule has 4 heteroatoms. The molecule has 0 aliphatic heterocycles. The van der Waals surface area contributed by atoms with E-state index in [0.717, 1.165) is 17.7 Å². The lowest BCUT2D eigenvalue weighted by Gasteiger charge is -2.28. The Morgan fingerprint density at radius 1 is 1.04 bits per heavy atom. The van der Waals surface area contributed by atoms with Crippen LogP contribution < -0.4 is 5.32 Å². The van der Waals surface area contributed by atoms with E-state index in [4.69, 9.17) is 5.11 Å². The number of rotatable bonds is 8. The summed E-state index contributed by atoms with van der Waals surface area (Å²) < 4.78 is 0. The normalized spacial score (nSPS) is 12.4. The van der Waals surface area contributed by atoms with Crippen LogP contribution in [0.5, 0.6) is 0 Å². The number of benzene rings is 2. The lowest BCUT2D eigenvalue weighted by Crippen LogP contribution is -2.47. The SMILES string of the molecule is CCN(CCO)C(C)C(=O)NC(c1ccccc1)c1ccccc1. The summed E-state index contributed by atoms with van der Waals surface area (Å²) in [5, 5.41) is 12.3. The Balaban J connectivity index is 2.21. The summed E-state index contributed by atoms with van der Waals surface area (Å²) in [6.45, 7) is 5.13. The molecule has 2 aromatic rings. The maximum absolute atomic E-state index is 12.7. The van der Waals surface area contributed by atoms with Crippen LogP contribution in [-0.4, -0.2) is 41.7 Å². The highest BCUT2D eigenvalue weighted by atomic mass is 16.3. The van der Waals surface area contributed by atoms with E-state index >= 15 is 0 Å². The molecule has 0 aliphatic carbocycles. The van der Waals surface area contributed by atoms with Crippen LogP contribution >= 0.6 is 0 Å². The Morgan fingerprint density at radius 2 is 1.54 bits per heavy atom. The van der Waals surface area contributed by atoms with E-state index in [1.165, 1.54) is 0 Å². The van der Waals surface area contributed by atoms with Gasteiger partial charge in [0.2, 0.25) is 5.91 Å². The van der Waals surface area contributed by atoms with Crippen LogP contribution in [0, 0.1) is 0 Å². The largest absolute Gasteiger partial charge is 0.395 e. The Labute approximate surface area is 144 Å². The zero-order chi connectivity index (χ0) is 17.4. The van der Waals surface area contributed by atoms with Crippen LogP contribution in [0.4, 0.5) is 0 Å². The topological polar surface area (TPSA) is 52.6 Å². The quantitative estimate of drug-likeness (QED) is 0.784. The molecule has 0 aromatic heterocycles. The number of nitrogens with one attached hydrogen (secondary N) is 1. The molecule has 0 heterocycles. The molecule has 0 saturated carbocycles. The van der Waals surface area contributed by atoms with E-state index in [0.29, 0.717) is 6.54 Å². The summed E-state index contributed by atoms with van der Waals surface area (Å²) in [5.41, 5.74) is 2.10. The second-order valence-electron chi connectivity index (χ2n) is 5.79. The molecule has 0 radical (unpaired) electrons. The van der Waals surface area contributed by atoms with Crippen LogP contribution in [0.1, 0.15) is 31.0 Å². The van der Waals surface area contributed by atoms with Crippen molar-refractivity contribution in [1.82, 2.24) is 10.2 Å². The number of hydrogen-bond donors (Lipinski definition) is 2. The van der Waals surface area contributed by atoms with Crippen LogP contribution in [0.15, 0.2) is 60.7 Å². The number of aliphatic hydroxyl groups is 1. The number of hydrogen-bond acceptors (Lipinski definition) is 3. The van der Waals surface area contributed by atoms with E-state index in [9.17, 15) is 4.79 Å². The standard InChI is InChI=1S/C20H26N2O2/c1-3-22(14-15-23)16(2)20(24)21-19(17-10-6-4-7-11-17)18-12-8-5-9-13-18/h4-13,16,19,23H,3,14-15H2,1-2H3,(H,21,24). The summed E-state index contributed by atoms with van der Waals surface area (Å²) in [5.74, 6) is -0.0389. The third-order valence-electron chi connectivity index (χ3n) is 4.27. The fourth-order valence-electron chi connectivity index (χ4n) is 2.83. The van der Waals surface area contributed by atoms with Gasteiger partial charge in [0.15, 0.2) is 0 Å². The number of amides is 1. The van der Waals surface area contributed by atoms with Gasteiger partial charge in [-0.2, -0.15) is 0 Å². The predicted molar refractivity (Wildman–Crippen MR) is 96.7 cm³/mol. The highest BCUT2D eigenvalue weighted by molar-refractivity contribution is 5.82. The van der Waals surface area contributed by atoms with Gasteiger partial charge in [0.05, 0.1) is 18.7 Å². The summed E-state index contributed by atoms with van der Waals surface area (Å²) >= 11 is 0. The molecule has 2 N–H and O–H groups in total. The van der Waals surface area contributed by atoms with Crippen molar-refractivity contribution in [2.75, 3.05) is 19.7 Å². The Morgan fingerprint density at radius 3 is 1.96 bits per heavy atom. The summed E-state index contributed by atoms with van der Waals surface area (Å²) in [6.07, 6.45) is 0. The van der Waals surface area contributed by atoms with Gasteiger partial charge in [-0.05, 0) is 24.6 Å². The lowest BCUT2D eigenvalue weighted by atomic mass is 9.98. The maximum Gasteiger partial charge on any atom is 0.237 e. The van der Waals surface area contributed by atoms with Crippen LogP contribution in [0.25, 0.3) is 0 Å². The first-order valence-electron chi connectivity index (χ1n) is 8.42. The van der Waals surface area contributed by atoms with E-state index in [1.807, 2.05) is 79.4 Å². The van der Waals surface area contributed by atoms with E-state index in [-0.39, 0.29) is 24.6 Å². The first-order chi connectivity index (χ1) is 11.7. The highest BCUT2D eigenvalue weighted by Gasteiger charge is 2.23. The minimum absolute atomic E-state index is 0.0389. The van der Waals surface area contributed by atoms with Crippen LogP contribution in [0.2, 0.25) is 0 Å². The molecular weight excluding hydrogens is 300 g/mol. The molecule has 24 heavy (non-hydrogen) atoms. The molecular formula is C20H26N2O2. The number of carbonyl (C=O) groups excluding carboxylic acids is 1. The molecule has 0 aliphatic rings. The maximum atomic E-state index is 12.7. The van der Waals surface area contributed by atoms with Gasteiger partial charge in [-0.25, -0.2) is 0 Å². The van der Waals surface area contributed by atoms with Gasteiger partial charge in [-0.1, -0.05) is 67.6 Å². The van der Waals surface area contributed by atoms with Crippen molar-refractivity contribution >= 4 is 5.91 Å². The molecule has 1 amide bonds. The summed E-state index contributed by atoms with van der Waals surface area (Å²) in [4.78, 5) is 14.7. The summed E-state index contributed by atoms with van der Waals surface area (Å²) in [6, 6.07) is 19.5. The molecule has 1 atom stereocenters. The Bertz CT molecular complexity index is 577. The molecule has 0 bridgehead atoms. The molecule has 1 unspecified atom stereocenters. The fraction of sp³-hybridized carbons (Fsp3) is 0.350. The van der Waals surface area contributed by atoms with Crippen molar-refractivity contribution in [2.24, 2.45) is 0 Å². The second kappa shape index (κ2) is 9.21. The first-order valence-corrected chi connectivity index (χ1v) is 8.42. The number of carbonyl (C=O) groups is 1. The Kier molecular flexibility index (Phi) is 6.97. The molecule has 0 fully saturated rings. The van der Waals surface area contributed by atoms with Gasteiger partial charge in [-0.15, -0.1) is 0 Å². The van der Waals surface area contributed by atoms with Crippen molar-refractivity contribution in [3.8, 4) is 0 Å². The number of likely N-dealkylation sites (N-methyl/N-ethyl adjacent to an activating group) is 1. The van der Waals surface area contributed by atoms with E-state index in [2.05, 4.69) is 5.32 Å². The third-order valence-corrected chi connectivity index (χ3v) is 4.27. The molecule has 2 rings (SSSR count). The lowest BCUT2D eigenvalue weighted by molar-refractivity contribution is -0.126. The van der Waals surface area contributed by atoms with Gasteiger partial charge in [0.25, 0.3) is 0 Å². The van der Waals surface area contributed by atoms with Crippen LogP contribution in [-0.2, 0) is 4.79 Å². The van der Waals surface area contributed by atoms with Crippen molar-refractivity contribution in [2.45, 2.75) is 25.9 Å². The van der Waals surface area contributed by atoms with E-state index in [1.54, 1.807) is 0 Å². The van der Waals surface area contributed by atoms with Crippen molar-refractivity contribution in [3.05, 3.63) is 71.8 Å². The van der Waals surface area contributed by atoms with Gasteiger partial charge >= 0.3 is 0 Å². The minimum atomic E-state index is -0.294. The van der Waals surface area contributed by atoms with Crippen molar-refractivity contribution < 1.29 is 9.90 Å². The van der Waals surface area contributed by atoms with Gasteiger partial charge in [0.1, 0.15) is 0 Å². The zero-order valence-corrected chi connectivity index (χ0v) is 14.4. The fourth-order valence-corrected chi connectivity index (χ4v) is 2.83. The minimum Gasteiger partial charge on any atom is -0.395 e. The van der Waals surface area contributed by atoms with E-state index < -0.39 is 0 Å². The van der Waals surface area contributed by atoms with Crippen molar-refractivity contribution in [1.29, 1.82) is 0 Å².